The maximum Gasteiger partial charge on any atom is 0.331 e. The predicted molar refractivity (Wildman–Crippen MR) is 193 cm³/mol. The summed E-state index contributed by atoms with van der Waals surface area (Å²) in [6, 6.07) is 21.2. The number of hydrogen-bond acceptors (Lipinski definition) is 12. The summed E-state index contributed by atoms with van der Waals surface area (Å²) in [5.74, 6) is -0.407. The van der Waals surface area contributed by atoms with Crippen molar-refractivity contribution in [1.82, 2.24) is 0 Å². The van der Waals surface area contributed by atoms with Gasteiger partial charge in [-0.25, -0.2) is 4.79 Å². The van der Waals surface area contributed by atoms with Gasteiger partial charge < -0.3 is 51.8 Å². The minimum atomic E-state index is -2.54. The van der Waals surface area contributed by atoms with Crippen LogP contribution in [-0.2, 0) is 56.6 Å². The molecule has 0 saturated carbocycles. The molecule has 0 fully saturated rings. The molecule has 284 valence electrons. The van der Waals surface area contributed by atoms with Crippen molar-refractivity contribution < 1.29 is 56.6 Å². The summed E-state index contributed by atoms with van der Waals surface area (Å²) in [7, 11) is -1.22. The van der Waals surface area contributed by atoms with E-state index in [1.807, 2.05) is 0 Å². The number of rotatable bonds is 32. The van der Waals surface area contributed by atoms with Crippen LogP contribution in [0.15, 0.2) is 60.7 Å². The lowest BCUT2D eigenvalue weighted by molar-refractivity contribution is -0.146. The molecule has 0 saturated heterocycles. The second kappa shape index (κ2) is 28.3. The number of hydrogen-bond donors (Lipinski definition) is 0. The van der Waals surface area contributed by atoms with Gasteiger partial charge in [0.05, 0.1) is 126 Å². The first-order chi connectivity index (χ1) is 24.4. The van der Waals surface area contributed by atoms with Gasteiger partial charge in [-0.2, -0.15) is 0 Å². The van der Waals surface area contributed by atoms with E-state index in [4.69, 9.17) is 47.1 Å². The molecule has 0 bridgehead atoms. The highest BCUT2D eigenvalue weighted by atomic mass is 28.4. The van der Waals surface area contributed by atoms with E-state index in [0.717, 1.165) is 0 Å². The molecule has 12 nitrogen and oxygen atoms in total. The van der Waals surface area contributed by atoms with E-state index < -0.39 is 14.3 Å². The minimum absolute atomic E-state index is 0.0590. The molecule has 0 unspecified atom stereocenters. The van der Waals surface area contributed by atoms with Gasteiger partial charge in [-0.05, 0) is 15.4 Å². The topological polar surface area (TPSA) is 119 Å². The molecule has 0 aliphatic carbocycles. The fourth-order valence-corrected chi connectivity index (χ4v) is 9.53. The van der Waals surface area contributed by atoms with Crippen molar-refractivity contribution in [2.24, 2.45) is 0 Å². The van der Waals surface area contributed by atoms with Crippen molar-refractivity contribution >= 4 is 24.7 Å². The van der Waals surface area contributed by atoms with E-state index in [1.165, 1.54) is 17.5 Å². The quantitative estimate of drug-likeness (QED) is 0.0628. The van der Waals surface area contributed by atoms with Crippen molar-refractivity contribution in [3.8, 4) is 0 Å². The summed E-state index contributed by atoms with van der Waals surface area (Å²) >= 11 is 0. The van der Waals surface area contributed by atoms with Crippen LogP contribution in [0.5, 0.6) is 0 Å². The third-order valence-electron chi connectivity index (χ3n) is 7.39. The van der Waals surface area contributed by atoms with Crippen molar-refractivity contribution in [1.29, 1.82) is 0 Å². The molecule has 0 N–H and O–H groups in total. The first-order valence-corrected chi connectivity index (χ1v) is 19.3. The molecule has 50 heavy (non-hydrogen) atoms. The molecule has 13 heteroatoms. The molecular weight excluding hydrogens is 664 g/mol. The molecule has 2 rings (SSSR count). The number of benzene rings is 2. The zero-order chi connectivity index (χ0) is 36.0. The van der Waals surface area contributed by atoms with Crippen LogP contribution in [0.2, 0.25) is 5.04 Å². The van der Waals surface area contributed by atoms with E-state index >= 15 is 0 Å². The number of methoxy groups -OCH3 is 1. The molecule has 0 heterocycles. The monoisotopic (exact) mass is 724 g/mol. The average Bonchev–Trinajstić information content (AvgIpc) is 3.12. The number of carbonyl (C=O) groups excluding carboxylic acids is 1. The molecule has 0 amide bonds. The Morgan fingerprint density at radius 2 is 0.740 bits per heavy atom. The molecular formula is C37H60O12Si. The van der Waals surface area contributed by atoms with Gasteiger partial charge >= 0.3 is 5.97 Å². The normalized spacial score (nSPS) is 12.0. The van der Waals surface area contributed by atoms with Gasteiger partial charge in [0.2, 0.25) is 0 Å². The molecule has 0 aliphatic heterocycles. The largest absolute Gasteiger partial charge is 0.467 e. The molecule has 0 atom stereocenters. The highest BCUT2D eigenvalue weighted by molar-refractivity contribution is 6.99. The Morgan fingerprint density at radius 1 is 0.460 bits per heavy atom. The third kappa shape index (κ3) is 18.8. The highest BCUT2D eigenvalue weighted by Gasteiger charge is 2.50. The second-order valence-corrected chi connectivity index (χ2v) is 16.3. The molecule has 0 spiro atoms. The summed E-state index contributed by atoms with van der Waals surface area (Å²) in [6.45, 7) is 15.3. The fourth-order valence-electron chi connectivity index (χ4n) is 4.99. The van der Waals surface area contributed by atoms with Crippen LogP contribution < -0.4 is 10.4 Å². The summed E-state index contributed by atoms with van der Waals surface area (Å²) < 4.78 is 60.7. The summed E-state index contributed by atoms with van der Waals surface area (Å²) in [4.78, 5) is 10.9. The number of esters is 1. The molecule has 2 aromatic carbocycles. The minimum Gasteiger partial charge on any atom is -0.467 e. The lowest BCUT2D eigenvalue weighted by atomic mass is 10.2. The van der Waals surface area contributed by atoms with Crippen molar-refractivity contribution in [2.45, 2.75) is 25.8 Å². The Morgan fingerprint density at radius 3 is 1.02 bits per heavy atom. The van der Waals surface area contributed by atoms with Crippen LogP contribution in [0.3, 0.4) is 0 Å². The molecule has 2 aromatic rings. The molecule has 0 radical (unpaired) electrons. The van der Waals surface area contributed by atoms with Crippen LogP contribution in [0, 0.1) is 0 Å². The smallest absolute Gasteiger partial charge is 0.331 e. The van der Waals surface area contributed by atoms with Gasteiger partial charge in [0, 0.05) is 0 Å². The van der Waals surface area contributed by atoms with Gasteiger partial charge in [0.1, 0.15) is 6.61 Å². The van der Waals surface area contributed by atoms with E-state index in [0.29, 0.717) is 119 Å². The van der Waals surface area contributed by atoms with Gasteiger partial charge in [-0.3, -0.25) is 0 Å². The first kappa shape index (κ1) is 43.9. The van der Waals surface area contributed by atoms with Gasteiger partial charge in [-0.1, -0.05) is 81.4 Å². The van der Waals surface area contributed by atoms with Crippen molar-refractivity contribution in [2.75, 3.05) is 133 Å². The zero-order valence-corrected chi connectivity index (χ0v) is 31.6. The number of carbonyl (C=O) groups is 1. The Hall–Kier alpha value is -2.27. The molecule has 0 aliphatic rings. The third-order valence-corrected chi connectivity index (χ3v) is 12.4. The van der Waals surface area contributed by atoms with Gasteiger partial charge in [-0.15, -0.1) is 0 Å². The van der Waals surface area contributed by atoms with Crippen LogP contribution in [0.1, 0.15) is 20.8 Å². The van der Waals surface area contributed by atoms with E-state index in [1.54, 1.807) is 0 Å². The first-order valence-electron chi connectivity index (χ1n) is 17.4. The summed E-state index contributed by atoms with van der Waals surface area (Å²) in [6.07, 6.45) is 0. The number of ether oxygens (including phenoxy) is 10. The Kier molecular flexibility index (Phi) is 24.9. The lowest BCUT2D eigenvalue weighted by Gasteiger charge is -2.43. The van der Waals surface area contributed by atoms with Crippen molar-refractivity contribution in [3.63, 3.8) is 0 Å². The van der Waals surface area contributed by atoms with Crippen LogP contribution in [-0.4, -0.2) is 147 Å². The van der Waals surface area contributed by atoms with Crippen LogP contribution in [0.4, 0.5) is 0 Å². The van der Waals surface area contributed by atoms with E-state index in [9.17, 15) is 4.79 Å². The summed E-state index contributed by atoms with van der Waals surface area (Å²) in [5.41, 5.74) is 0. The van der Waals surface area contributed by atoms with Crippen molar-refractivity contribution in [3.05, 3.63) is 60.7 Å². The Labute approximate surface area is 300 Å². The second-order valence-electron chi connectivity index (χ2n) is 12.0. The SMILES string of the molecule is COC(=O)COCCOCCOCCOCCOCCOCCOCCOCCOCCO[Si](c1ccccc1)(c1ccccc1)C(C)(C)C. The Bertz CT molecular complexity index is 1030. The van der Waals surface area contributed by atoms with Crippen LogP contribution >= 0.6 is 0 Å². The van der Waals surface area contributed by atoms with Gasteiger partial charge in [0.25, 0.3) is 8.32 Å². The van der Waals surface area contributed by atoms with Gasteiger partial charge in [0.15, 0.2) is 0 Å². The average molecular weight is 725 g/mol. The van der Waals surface area contributed by atoms with E-state index in [2.05, 4.69) is 86.2 Å². The predicted octanol–water partition coefficient (Wildman–Crippen LogP) is 2.89. The maximum absolute atomic E-state index is 10.9. The summed E-state index contributed by atoms with van der Waals surface area (Å²) in [5, 5.41) is 2.47. The maximum atomic E-state index is 10.9. The zero-order valence-electron chi connectivity index (χ0n) is 30.6. The Balaban J connectivity index is 1.35. The fraction of sp³-hybridized carbons (Fsp3) is 0.649. The lowest BCUT2D eigenvalue weighted by Crippen LogP contribution is -2.66. The highest BCUT2D eigenvalue weighted by Crippen LogP contribution is 2.36. The van der Waals surface area contributed by atoms with Crippen LogP contribution in [0.25, 0.3) is 0 Å². The van der Waals surface area contributed by atoms with E-state index in [-0.39, 0.29) is 11.6 Å². The molecule has 0 aromatic heterocycles. The standard InChI is InChI=1S/C37H60O12Si/c1-37(2,3)50(34-11-7-5-8-12-34,35-13-9-6-10-14-35)49-32-31-47-28-27-45-24-23-43-20-19-41-16-15-40-17-18-42-21-22-44-25-26-46-29-30-48-33-36(38)39-4/h5-14H,15-33H2,1-4H3.